The van der Waals surface area contributed by atoms with Gasteiger partial charge in [-0.25, -0.2) is 0 Å². The molecular formula is C18H24. The van der Waals surface area contributed by atoms with Gasteiger partial charge in [0.1, 0.15) is 0 Å². The first-order valence-electron chi connectivity index (χ1n) is 8.39. The van der Waals surface area contributed by atoms with Crippen LogP contribution in [-0.2, 0) is 0 Å². The minimum Gasteiger partial charge on any atom is -0.0848 e. The molecule has 18 heavy (non-hydrogen) atoms. The highest BCUT2D eigenvalue weighted by Crippen LogP contribution is 2.86. The predicted octanol–water partition coefficient (Wildman–Crippen LogP) is 4.27. The maximum absolute atomic E-state index is 2.64. The molecule has 9 aliphatic carbocycles. The van der Waals surface area contributed by atoms with Crippen molar-refractivity contribution in [2.75, 3.05) is 0 Å². The molecule has 7 unspecified atom stereocenters. The fraction of sp³-hybridized carbons (Fsp3) is 0.889. The molecule has 8 bridgehead atoms. The van der Waals surface area contributed by atoms with Crippen LogP contribution in [-0.4, -0.2) is 0 Å². The third-order valence-electron chi connectivity index (χ3n) is 8.43. The lowest BCUT2D eigenvalue weighted by molar-refractivity contribution is 0.0499. The van der Waals surface area contributed by atoms with E-state index in [1.165, 1.54) is 5.92 Å². The standard InChI is InChI=1S/C18H24/c1-17-7-10(8-17)4-12-6-14-15(9-17)18(14)13-3-2-11(5-13)16(12)18/h2-3,10-16H,4-9H2,1H3. The summed E-state index contributed by atoms with van der Waals surface area (Å²) in [5, 5.41) is 0. The Bertz CT molecular complexity index is 468. The van der Waals surface area contributed by atoms with Crippen LogP contribution in [0.1, 0.15) is 45.4 Å². The maximum atomic E-state index is 2.64. The number of fused-ring (bicyclic) bond motifs is 2. The van der Waals surface area contributed by atoms with Crippen LogP contribution < -0.4 is 0 Å². The largest absolute Gasteiger partial charge is 0.0848 e. The molecule has 8 fully saturated rings. The van der Waals surface area contributed by atoms with Crippen LogP contribution in [0.2, 0.25) is 0 Å². The van der Waals surface area contributed by atoms with E-state index < -0.39 is 0 Å². The highest BCUT2D eigenvalue weighted by atomic mass is 14.8. The van der Waals surface area contributed by atoms with Crippen LogP contribution in [0.15, 0.2) is 12.2 Å². The summed E-state index contributed by atoms with van der Waals surface area (Å²) in [5.74, 6) is 7.76. The molecule has 9 rings (SSSR count). The molecule has 0 heterocycles. The lowest BCUT2D eigenvalue weighted by Gasteiger charge is -2.46. The summed E-state index contributed by atoms with van der Waals surface area (Å²) < 4.78 is 0. The van der Waals surface area contributed by atoms with Crippen molar-refractivity contribution < 1.29 is 0 Å². The molecule has 7 atom stereocenters. The molecule has 0 radical (unpaired) electrons. The van der Waals surface area contributed by atoms with E-state index in [1.54, 1.807) is 38.5 Å². The molecule has 0 aromatic rings. The van der Waals surface area contributed by atoms with Crippen molar-refractivity contribution in [1.82, 2.24) is 0 Å². The Morgan fingerprint density at radius 3 is 2.72 bits per heavy atom. The van der Waals surface area contributed by atoms with Gasteiger partial charge in [-0.1, -0.05) is 19.1 Å². The van der Waals surface area contributed by atoms with Crippen molar-refractivity contribution in [3.8, 4) is 0 Å². The monoisotopic (exact) mass is 240 g/mol. The van der Waals surface area contributed by atoms with Gasteiger partial charge in [0.2, 0.25) is 0 Å². The SMILES string of the molecule is CC12CC(CC3CC4C(C1)C41C4C=CC(C4)C31)C2. The molecule has 9 aliphatic rings. The molecule has 0 aromatic heterocycles. The topological polar surface area (TPSA) is 0 Å². The second kappa shape index (κ2) is 2.50. The Hall–Kier alpha value is -0.260. The summed E-state index contributed by atoms with van der Waals surface area (Å²) in [6.07, 6.45) is 14.8. The molecule has 0 N–H and O–H groups in total. The highest BCUT2D eigenvalue weighted by Gasteiger charge is 2.80. The summed E-state index contributed by atoms with van der Waals surface area (Å²) in [6, 6.07) is 0. The third-order valence-corrected chi connectivity index (χ3v) is 8.43. The van der Waals surface area contributed by atoms with Crippen LogP contribution in [0.25, 0.3) is 0 Å². The first kappa shape index (κ1) is 9.61. The van der Waals surface area contributed by atoms with Crippen LogP contribution in [0.4, 0.5) is 0 Å². The minimum absolute atomic E-state index is 0.770. The molecule has 0 aromatic carbocycles. The maximum Gasteiger partial charge on any atom is -0.0135 e. The van der Waals surface area contributed by atoms with Gasteiger partial charge in [-0.3, -0.25) is 0 Å². The van der Waals surface area contributed by atoms with Crippen molar-refractivity contribution in [2.24, 2.45) is 52.3 Å². The Labute approximate surface area is 110 Å². The van der Waals surface area contributed by atoms with Gasteiger partial charge in [0.25, 0.3) is 0 Å². The fourth-order valence-electron chi connectivity index (χ4n) is 8.40. The number of hydrogen-bond donors (Lipinski definition) is 0. The summed E-state index contributed by atoms with van der Waals surface area (Å²) >= 11 is 0. The first-order chi connectivity index (χ1) is 8.71. The summed E-state index contributed by atoms with van der Waals surface area (Å²) in [4.78, 5) is 0. The van der Waals surface area contributed by atoms with Crippen molar-refractivity contribution in [3.63, 3.8) is 0 Å². The van der Waals surface area contributed by atoms with Gasteiger partial charge < -0.3 is 0 Å². The van der Waals surface area contributed by atoms with Crippen molar-refractivity contribution in [3.05, 3.63) is 12.2 Å². The fourth-order valence-corrected chi connectivity index (χ4v) is 8.40. The molecule has 8 saturated carbocycles. The Balaban J connectivity index is 1.51. The van der Waals surface area contributed by atoms with Crippen molar-refractivity contribution >= 4 is 0 Å². The lowest BCUT2D eigenvalue weighted by atomic mass is 9.59. The molecule has 0 saturated heterocycles. The van der Waals surface area contributed by atoms with E-state index in [-0.39, 0.29) is 0 Å². The van der Waals surface area contributed by atoms with Crippen LogP contribution in [0.3, 0.4) is 0 Å². The second-order valence-corrected chi connectivity index (χ2v) is 9.15. The number of allylic oxidation sites excluding steroid dienone is 2. The van der Waals surface area contributed by atoms with Gasteiger partial charge in [0.15, 0.2) is 0 Å². The van der Waals surface area contributed by atoms with E-state index in [2.05, 4.69) is 19.1 Å². The van der Waals surface area contributed by atoms with Gasteiger partial charge in [-0.2, -0.15) is 0 Å². The van der Waals surface area contributed by atoms with E-state index >= 15 is 0 Å². The highest BCUT2D eigenvalue weighted by molar-refractivity contribution is 5.34. The van der Waals surface area contributed by atoms with Gasteiger partial charge >= 0.3 is 0 Å². The normalized spacial score (nSPS) is 73.3. The van der Waals surface area contributed by atoms with Crippen molar-refractivity contribution in [1.29, 1.82) is 0 Å². The summed E-state index contributed by atoms with van der Waals surface area (Å²) in [6.45, 7) is 2.61. The quantitative estimate of drug-likeness (QED) is 0.555. The second-order valence-electron chi connectivity index (χ2n) is 9.15. The zero-order chi connectivity index (χ0) is 11.7. The van der Waals surface area contributed by atoms with Gasteiger partial charge in [0.05, 0.1) is 0 Å². The van der Waals surface area contributed by atoms with Crippen LogP contribution in [0, 0.1) is 52.3 Å². The Morgan fingerprint density at radius 2 is 1.83 bits per heavy atom. The zero-order valence-electron chi connectivity index (χ0n) is 11.4. The van der Waals surface area contributed by atoms with E-state index in [4.69, 9.17) is 0 Å². The number of hydrogen-bond acceptors (Lipinski definition) is 0. The lowest BCUT2D eigenvalue weighted by Crippen LogP contribution is -2.35. The van der Waals surface area contributed by atoms with Crippen LogP contribution >= 0.6 is 0 Å². The first-order valence-corrected chi connectivity index (χ1v) is 8.39. The average Bonchev–Trinajstić information content (AvgIpc) is 2.80. The van der Waals surface area contributed by atoms with Gasteiger partial charge in [0, 0.05) is 0 Å². The predicted molar refractivity (Wildman–Crippen MR) is 71.8 cm³/mol. The van der Waals surface area contributed by atoms with E-state index in [0.29, 0.717) is 0 Å². The molecule has 96 valence electrons. The summed E-state index contributed by atoms with van der Waals surface area (Å²) in [7, 11) is 0. The Morgan fingerprint density at radius 1 is 0.944 bits per heavy atom. The molecule has 1 spiro atoms. The summed E-state index contributed by atoms with van der Waals surface area (Å²) in [5.41, 5.74) is 1.64. The van der Waals surface area contributed by atoms with Crippen LogP contribution in [0.5, 0.6) is 0 Å². The van der Waals surface area contributed by atoms with Gasteiger partial charge in [-0.05, 0) is 90.8 Å². The zero-order valence-corrected chi connectivity index (χ0v) is 11.4. The smallest absolute Gasteiger partial charge is 0.0135 e. The molecule has 0 amide bonds. The number of rotatable bonds is 0. The molecule has 0 nitrogen and oxygen atoms in total. The average molecular weight is 240 g/mol. The van der Waals surface area contributed by atoms with E-state index in [9.17, 15) is 0 Å². The minimum atomic E-state index is 0.770. The third kappa shape index (κ3) is 0.791. The van der Waals surface area contributed by atoms with Crippen molar-refractivity contribution in [2.45, 2.75) is 45.4 Å². The van der Waals surface area contributed by atoms with E-state index in [1.807, 2.05) is 0 Å². The molecule has 0 aliphatic heterocycles. The molecular weight excluding hydrogens is 216 g/mol. The molecule has 0 heteroatoms. The Kier molecular flexibility index (Phi) is 1.33. The van der Waals surface area contributed by atoms with E-state index in [0.717, 1.165) is 46.3 Å². The van der Waals surface area contributed by atoms with Gasteiger partial charge in [-0.15, -0.1) is 0 Å².